The first-order valence-electron chi connectivity index (χ1n) is 9.66. The molecular formula is C22H28N6. The molecule has 0 saturated carbocycles. The Morgan fingerprint density at radius 2 is 1.93 bits per heavy atom. The van der Waals surface area contributed by atoms with Crippen LogP contribution in [-0.4, -0.2) is 45.9 Å². The maximum Gasteiger partial charge on any atom is 0.194 e. The van der Waals surface area contributed by atoms with E-state index in [0.717, 1.165) is 41.7 Å². The summed E-state index contributed by atoms with van der Waals surface area (Å²) in [7, 11) is 2.03. The first-order valence-corrected chi connectivity index (χ1v) is 9.66. The molecule has 6 heteroatoms. The van der Waals surface area contributed by atoms with E-state index in [4.69, 9.17) is 4.99 Å². The van der Waals surface area contributed by atoms with Crippen LogP contribution >= 0.6 is 0 Å². The number of nitrogens with zero attached hydrogens (tertiary/aromatic N) is 4. The molecule has 0 atom stereocenters. The summed E-state index contributed by atoms with van der Waals surface area (Å²) < 4.78 is 0. The van der Waals surface area contributed by atoms with Crippen molar-refractivity contribution in [2.45, 2.75) is 26.8 Å². The highest BCUT2D eigenvalue weighted by Crippen LogP contribution is 2.16. The van der Waals surface area contributed by atoms with Crippen LogP contribution in [0.25, 0.3) is 11.3 Å². The number of imidazole rings is 1. The van der Waals surface area contributed by atoms with Gasteiger partial charge in [-0.1, -0.05) is 36.4 Å². The number of rotatable bonds is 7. The van der Waals surface area contributed by atoms with Crippen molar-refractivity contribution < 1.29 is 0 Å². The molecule has 1 aromatic carbocycles. The van der Waals surface area contributed by atoms with E-state index in [1.165, 1.54) is 5.56 Å². The van der Waals surface area contributed by atoms with Crippen LogP contribution in [0.4, 0.5) is 0 Å². The summed E-state index contributed by atoms with van der Waals surface area (Å²) in [6, 6.07) is 14.4. The minimum atomic E-state index is 0.657. The summed E-state index contributed by atoms with van der Waals surface area (Å²) in [6.07, 6.45) is 4.68. The van der Waals surface area contributed by atoms with E-state index in [0.29, 0.717) is 13.1 Å². The van der Waals surface area contributed by atoms with Crippen molar-refractivity contribution in [2.24, 2.45) is 4.99 Å². The van der Waals surface area contributed by atoms with Crippen molar-refractivity contribution >= 4 is 5.96 Å². The molecule has 3 aromatic rings. The standard InChI is InChI=1S/C22H28N6/c1-4-23-22(24-13-12-18-11-10-17(2)25-14-18)28(3)16-21-26-15-20(27-21)19-8-6-5-7-9-19/h5-11,14-15H,4,12-13,16H2,1-3H3,(H,23,24)(H,26,27). The summed E-state index contributed by atoms with van der Waals surface area (Å²) in [5.74, 6) is 1.79. The highest BCUT2D eigenvalue weighted by atomic mass is 15.3. The number of pyridine rings is 1. The Balaban J connectivity index is 1.61. The topological polar surface area (TPSA) is 69.2 Å². The van der Waals surface area contributed by atoms with Crippen LogP contribution < -0.4 is 5.32 Å². The molecule has 3 rings (SSSR count). The monoisotopic (exact) mass is 376 g/mol. The Morgan fingerprint density at radius 1 is 1.11 bits per heavy atom. The van der Waals surface area contributed by atoms with Gasteiger partial charge in [-0.25, -0.2) is 4.98 Å². The molecule has 2 aromatic heterocycles. The lowest BCUT2D eigenvalue weighted by atomic mass is 10.2. The van der Waals surface area contributed by atoms with Gasteiger partial charge in [-0.2, -0.15) is 0 Å². The Bertz CT molecular complexity index is 883. The number of aliphatic imine (C=N–C) groups is 1. The molecule has 2 heterocycles. The third-order valence-corrected chi connectivity index (χ3v) is 4.43. The molecule has 0 bridgehead atoms. The van der Waals surface area contributed by atoms with Gasteiger partial charge in [0, 0.05) is 32.0 Å². The number of aryl methyl sites for hydroxylation is 1. The fourth-order valence-electron chi connectivity index (χ4n) is 2.91. The van der Waals surface area contributed by atoms with Gasteiger partial charge in [0.1, 0.15) is 5.82 Å². The molecule has 6 nitrogen and oxygen atoms in total. The number of benzene rings is 1. The first kappa shape index (κ1) is 19.6. The number of H-pyrrole nitrogens is 1. The van der Waals surface area contributed by atoms with Crippen LogP contribution in [0.3, 0.4) is 0 Å². The molecule has 0 aliphatic heterocycles. The molecule has 0 amide bonds. The van der Waals surface area contributed by atoms with E-state index in [-0.39, 0.29) is 0 Å². The fourth-order valence-corrected chi connectivity index (χ4v) is 2.91. The Hall–Kier alpha value is -3.15. The van der Waals surface area contributed by atoms with E-state index in [1.54, 1.807) is 0 Å². The van der Waals surface area contributed by atoms with E-state index >= 15 is 0 Å². The molecule has 2 N–H and O–H groups in total. The number of hydrogen-bond donors (Lipinski definition) is 2. The van der Waals surface area contributed by atoms with Crippen LogP contribution in [0.15, 0.2) is 59.9 Å². The fraction of sp³-hybridized carbons (Fsp3) is 0.318. The van der Waals surface area contributed by atoms with E-state index in [2.05, 4.69) is 50.3 Å². The molecule has 0 saturated heterocycles. The molecule has 0 spiro atoms. The summed E-state index contributed by atoms with van der Waals surface area (Å²) in [4.78, 5) is 19.1. The second kappa shape index (κ2) is 9.69. The minimum Gasteiger partial charge on any atom is -0.357 e. The molecule has 0 unspecified atom stereocenters. The van der Waals surface area contributed by atoms with Crippen LogP contribution in [0.5, 0.6) is 0 Å². The SMILES string of the molecule is CCNC(=NCCc1ccc(C)nc1)N(C)Cc1ncc(-c2ccccc2)[nH]1. The van der Waals surface area contributed by atoms with E-state index in [9.17, 15) is 0 Å². The van der Waals surface area contributed by atoms with Gasteiger partial charge in [-0.05, 0) is 37.5 Å². The average Bonchev–Trinajstić information content (AvgIpc) is 3.18. The average molecular weight is 377 g/mol. The van der Waals surface area contributed by atoms with Crippen LogP contribution in [-0.2, 0) is 13.0 Å². The quantitative estimate of drug-likeness (QED) is 0.490. The molecular weight excluding hydrogens is 348 g/mol. The number of guanidine groups is 1. The zero-order chi connectivity index (χ0) is 19.8. The minimum absolute atomic E-state index is 0.657. The normalized spacial score (nSPS) is 11.5. The van der Waals surface area contributed by atoms with Gasteiger partial charge in [0.2, 0.25) is 0 Å². The molecule has 0 fully saturated rings. The van der Waals surface area contributed by atoms with Crippen molar-refractivity contribution in [3.8, 4) is 11.3 Å². The van der Waals surface area contributed by atoms with Crippen molar-refractivity contribution in [3.05, 3.63) is 71.9 Å². The van der Waals surface area contributed by atoms with Crippen LogP contribution in [0.1, 0.15) is 24.0 Å². The van der Waals surface area contributed by atoms with Gasteiger partial charge in [-0.15, -0.1) is 0 Å². The lowest BCUT2D eigenvalue weighted by Gasteiger charge is -2.21. The maximum atomic E-state index is 4.75. The predicted octanol–water partition coefficient (Wildman–Crippen LogP) is 3.42. The summed E-state index contributed by atoms with van der Waals surface area (Å²) in [5.41, 5.74) is 4.40. The Kier molecular flexibility index (Phi) is 6.78. The van der Waals surface area contributed by atoms with Gasteiger partial charge in [-0.3, -0.25) is 9.98 Å². The third kappa shape index (κ3) is 5.42. The molecule has 28 heavy (non-hydrogen) atoms. The molecule has 0 radical (unpaired) electrons. The smallest absolute Gasteiger partial charge is 0.194 e. The first-order chi connectivity index (χ1) is 13.7. The zero-order valence-electron chi connectivity index (χ0n) is 16.8. The molecule has 0 aliphatic carbocycles. The van der Waals surface area contributed by atoms with Crippen molar-refractivity contribution in [1.29, 1.82) is 0 Å². The van der Waals surface area contributed by atoms with Crippen LogP contribution in [0, 0.1) is 6.92 Å². The highest BCUT2D eigenvalue weighted by molar-refractivity contribution is 5.79. The van der Waals surface area contributed by atoms with E-state index in [1.807, 2.05) is 50.6 Å². The van der Waals surface area contributed by atoms with Crippen molar-refractivity contribution in [3.63, 3.8) is 0 Å². The van der Waals surface area contributed by atoms with Gasteiger partial charge < -0.3 is 15.2 Å². The number of aromatic nitrogens is 3. The number of nitrogens with one attached hydrogen (secondary N) is 2. The second-order valence-electron chi connectivity index (χ2n) is 6.76. The van der Waals surface area contributed by atoms with Crippen molar-refractivity contribution in [2.75, 3.05) is 20.1 Å². The number of hydrogen-bond acceptors (Lipinski definition) is 3. The highest BCUT2D eigenvalue weighted by Gasteiger charge is 2.10. The summed E-state index contributed by atoms with van der Waals surface area (Å²) >= 11 is 0. The van der Waals surface area contributed by atoms with Gasteiger partial charge in [0.15, 0.2) is 5.96 Å². The largest absolute Gasteiger partial charge is 0.357 e. The van der Waals surface area contributed by atoms with Crippen LogP contribution in [0.2, 0.25) is 0 Å². The second-order valence-corrected chi connectivity index (χ2v) is 6.76. The lowest BCUT2D eigenvalue weighted by molar-refractivity contribution is 0.464. The Labute approximate surface area is 166 Å². The van der Waals surface area contributed by atoms with Gasteiger partial charge in [0.05, 0.1) is 18.4 Å². The summed E-state index contributed by atoms with van der Waals surface area (Å²) in [6.45, 7) is 6.27. The number of aromatic amines is 1. The maximum absolute atomic E-state index is 4.75. The third-order valence-electron chi connectivity index (χ3n) is 4.43. The lowest BCUT2D eigenvalue weighted by Crippen LogP contribution is -2.38. The van der Waals surface area contributed by atoms with Crippen molar-refractivity contribution in [1.82, 2.24) is 25.2 Å². The zero-order valence-corrected chi connectivity index (χ0v) is 16.8. The van der Waals surface area contributed by atoms with Gasteiger partial charge >= 0.3 is 0 Å². The molecule has 0 aliphatic rings. The predicted molar refractivity (Wildman–Crippen MR) is 114 cm³/mol. The summed E-state index contributed by atoms with van der Waals surface area (Å²) in [5, 5.41) is 3.36. The van der Waals surface area contributed by atoms with Gasteiger partial charge in [0.25, 0.3) is 0 Å². The molecule has 146 valence electrons. The Morgan fingerprint density at radius 3 is 2.64 bits per heavy atom. The van der Waals surface area contributed by atoms with E-state index < -0.39 is 0 Å².